The first-order valence-electron chi connectivity index (χ1n) is 8.41. The minimum atomic E-state index is 0.234. The van der Waals surface area contributed by atoms with Crippen LogP contribution in [0.15, 0.2) is 72.4 Å². The molecule has 0 saturated heterocycles. The molecule has 0 bridgehead atoms. The third kappa shape index (κ3) is 6.04. The van der Waals surface area contributed by atoms with Gasteiger partial charge in [0.15, 0.2) is 0 Å². The summed E-state index contributed by atoms with van der Waals surface area (Å²) in [5.74, 6) is 0. The number of hydrogen-bond acceptors (Lipinski definition) is 6. The van der Waals surface area contributed by atoms with Crippen LogP contribution < -0.4 is 10.8 Å². The summed E-state index contributed by atoms with van der Waals surface area (Å²) in [6.45, 7) is 7.68. The number of carbonyl (C=O) groups is 1. The van der Waals surface area contributed by atoms with Crippen molar-refractivity contribution in [1.82, 2.24) is 10.5 Å². The van der Waals surface area contributed by atoms with E-state index in [-0.39, 0.29) is 12.5 Å². The first-order valence-corrected chi connectivity index (χ1v) is 8.86. The molecule has 1 unspecified atom stereocenters. The zero-order valence-electron chi connectivity index (χ0n) is 15.3. The van der Waals surface area contributed by atoms with Gasteiger partial charge in [-0.05, 0) is 55.1 Å². The number of rotatable bonds is 6. The number of hydroxylamine groups is 1. The molecule has 27 heavy (non-hydrogen) atoms. The number of pyridine rings is 1. The monoisotopic (exact) mass is 381 g/mol. The second-order valence-corrected chi connectivity index (χ2v) is 6.35. The topological polar surface area (TPSA) is 63.2 Å². The molecule has 5 nitrogen and oxygen atoms in total. The van der Waals surface area contributed by atoms with Crippen molar-refractivity contribution in [2.75, 3.05) is 5.32 Å². The average molecular weight is 382 g/mol. The van der Waals surface area contributed by atoms with Gasteiger partial charge in [0.2, 0.25) is 0 Å². The highest BCUT2D eigenvalue weighted by atomic mass is 32.1. The minimum Gasteiger partial charge on any atom is -0.379 e. The Bertz CT molecular complexity index is 907. The molecule has 140 valence electrons. The number of aromatic nitrogens is 1. The molecule has 2 aromatic carbocycles. The third-order valence-electron chi connectivity index (χ3n) is 3.92. The number of aryl methyl sites for hydroxylation is 1. The van der Waals surface area contributed by atoms with E-state index >= 15 is 0 Å². The second kappa shape index (κ2) is 10.2. The molecule has 2 N–H and O–H groups in total. The quantitative estimate of drug-likeness (QED) is 0.247. The molecule has 0 aliphatic carbocycles. The van der Waals surface area contributed by atoms with Crippen LogP contribution in [0.4, 0.5) is 5.69 Å². The second-order valence-electron chi connectivity index (χ2n) is 5.83. The number of carbonyl (C=O) groups excluding carboxylic acids is 1. The van der Waals surface area contributed by atoms with Crippen LogP contribution in [-0.2, 0) is 9.63 Å². The van der Waals surface area contributed by atoms with Gasteiger partial charge in [0.25, 0.3) is 0 Å². The molecule has 6 heteroatoms. The van der Waals surface area contributed by atoms with E-state index in [1.54, 1.807) is 0 Å². The molecule has 0 spiro atoms. The van der Waals surface area contributed by atoms with Gasteiger partial charge in [0.1, 0.15) is 0 Å². The largest absolute Gasteiger partial charge is 0.379 e. The molecule has 1 aromatic heterocycles. The number of hydrogen-bond donors (Lipinski definition) is 3. The molecule has 0 fully saturated rings. The van der Waals surface area contributed by atoms with Crippen LogP contribution in [0.2, 0.25) is 0 Å². The van der Waals surface area contributed by atoms with Gasteiger partial charge in [-0.2, -0.15) is 0 Å². The number of benzene rings is 2. The Kier molecular flexibility index (Phi) is 7.70. The number of anilines is 1. The van der Waals surface area contributed by atoms with E-state index < -0.39 is 0 Å². The molecule has 0 aliphatic heterocycles. The smallest absolute Gasteiger partial charge is 0.320 e. The van der Waals surface area contributed by atoms with Crippen molar-refractivity contribution < 1.29 is 9.63 Å². The normalized spacial score (nSPS) is 10.9. The van der Waals surface area contributed by atoms with Crippen LogP contribution in [0.3, 0.4) is 0 Å². The molecule has 3 aromatic rings. The lowest BCUT2D eigenvalue weighted by atomic mass is 10.1. The first kappa shape index (κ1) is 20.3. The van der Waals surface area contributed by atoms with Crippen LogP contribution in [0.5, 0.6) is 0 Å². The highest BCUT2D eigenvalue weighted by molar-refractivity contribution is 7.80. The fourth-order valence-electron chi connectivity index (χ4n) is 2.62. The van der Waals surface area contributed by atoms with Gasteiger partial charge in [-0.1, -0.05) is 24.8 Å². The number of nitrogens with one attached hydrogen (secondary N) is 2. The molecule has 3 rings (SSSR count). The van der Waals surface area contributed by atoms with Crippen LogP contribution >= 0.6 is 12.6 Å². The van der Waals surface area contributed by atoms with Gasteiger partial charge in [-0.25, -0.2) is 5.48 Å². The predicted octanol–water partition coefficient (Wildman–Crippen LogP) is 4.81. The van der Waals surface area contributed by atoms with E-state index in [1.807, 2.05) is 31.3 Å². The summed E-state index contributed by atoms with van der Waals surface area (Å²) in [7, 11) is 0. The number of nitrogens with zero attached hydrogens (tertiary/aromatic N) is 1. The van der Waals surface area contributed by atoms with Crippen molar-refractivity contribution in [3.63, 3.8) is 0 Å². The summed E-state index contributed by atoms with van der Waals surface area (Å²) < 4.78 is 0. The summed E-state index contributed by atoms with van der Waals surface area (Å²) in [4.78, 5) is 18.5. The highest BCUT2D eigenvalue weighted by Crippen LogP contribution is 2.25. The van der Waals surface area contributed by atoms with Gasteiger partial charge in [-0.15, -0.1) is 12.6 Å². The molecule has 0 saturated carbocycles. The number of fused-ring (bicyclic) bond motifs is 1. The Hall–Kier alpha value is -2.99. The maximum atomic E-state index is 9.23. The van der Waals surface area contributed by atoms with Crippen LogP contribution in [0.1, 0.15) is 24.2 Å². The Labute approximate surface area is 164 Å². The average Bonchev–Trinajstić information content (AvgIpc) is 2.67. The van der Waals surface area contributed by atoms with Crippen LogP contribution in [0, 0.1) is 6.92 Å². The van der Waals surface area contributed by atoms with Crippen molar-refractivity contribution in [2.24, 2.45) is 0 Å². The van der Waals surface area contributed by atoms with E-state index in [1.165, 1.54) is 22.5 Å². The number of thiol groups is 1. The SMILES string of the molecule is C=CNOC=O.Cc1nccc2cc(NC(C)c3cccc(S)c3)ccc12. The lowest BCUT2D eigenvalue weighted by Crippen LogP contribution is -2.06. The third-order valence-corrected chi connectivity index (χ3v) is 4.19. The minimum absolute atomic E-state index is 0.234. The van der Waals surface area contributed by atoms with Gasteiger partial charge < -0.3 is 10.2 Å². The molecule has 1 heterocycles. The zero-order valence-corrected chi connectivity index (χ0v) is 16.2. The molecular weight excluding hydrogens is 358 g/mol. The summed E-state index contributed by atoms with van der Waals surface area (Å²) in [5.41, 5.74) is 5.50. The first-order chi connectivity index (χ1) is 13.0. The van der Waals surface area contributed by atoms with E-state index in [0.717, 1.165) is 16.3 Å². The zero-order chi connectivity index (χ0) is 19.6. The lowest BCUT2D eigenvalue weighted by Gasteiger charge is -2.16. The standard InChI is InChI=1S/C18H18N2S.C3H5NO2/c1-12(14-4-3-5-17(21)11-14)20-16-6-7-18-13(2)19-9-8-15(18)10-16;1-2-4-6-3-5/h3-12,20-21H,1-2H3;2-4H,1H2. The van der Waals surface area contributed by atoms with E-state index in [0.29, 0.717) is 0 Å². The maximum Gasteiger partial charge on any atom is 0.320 e. The maximum absolute atomic E-state index is 9.23. The Morgan fingerprint density at radius 3 is 2.70 bits per heavy atom. The molecule has 0 amide bonds. The Morgan fingerprint density at radius 2 is 2.04 bits per heavy atom. The van der Waals surface area contributed by atoms with Crippen molar-refractivity contribution in [3.8, 4) is 0 Å². The van der Waals surface area contributed by atoms with Crippen molar-refractivity contribution in [1.29, 1.82) is 0 Å². The van der Waals surface area contributed by atoms with Crippen molar-refractivity contribution in [2.45, 2.75) is 24.8 Å². The molecular formula is C21H23N3O2S. The van der Waals surface area contributed by atoms with Gasteiger partial charge in [-0.3, -0.25) is 9.78 Å². The summed E-state index contributed by atoms with van der Waals surface area (Å²) in [6, 6.07) is 16.9. The van der Waals surface area contributed by atoms with Crippen molar-refractivity contribution in [3.05, 3.63) is 78.8 Å². The fraction of sp³-hybridized carbons (Fsp3) is 0.143. The summed E-state index contributed by atoms with van der Waals surface area (Å²) in [6.07, 6.45) is 3.11. The van der Waals surface area contributed by atoms with Gasteiger partial charge in [0.05, 0.1) is 0 Å². The van der Waals surface area contributed by atoms with E-state index in [2.05, 4.69) is 77.1 Å². The molecule has 1 atom stereocenters. The summed E-state index contributed by atoms with van der Waals surface area (Å²) in [5, 5.41) is 5.96. The van der Waals surface area contributed by atoms with Gasteiger partial charge in [0, 0.05) is 40.1 Å². The Balaban J connectivity index is 0.000000380. The lowest BCUT2D eigenvalue weighted by molar-refractivity contribution is -0.133. The molecule has 0 aliphatic rings. The van der Waals surface area contributed by atoms with Crippen LogP contribution in [-0.4, -0.2) is 11.5 Å². The Morgan fingerprint density at radius 1 is 1.22 bits per heavy atom. The fourth-order valence-corrected chi connectivity index (χ4v) is 2.86. The molecule has 0 radical (unpaired) electrons. The highest BCUT2D eigenvalue weighted by Gasteiger charge is 2.06. The van der Waals surface area contributed by atoms with Gasteiger partial charge >= 0.3 is 6.47 Å². The van der Waals surface area contributed by atoms with Crippen LogP contribution in [0.25, 0.3) is 10.8 Å². The summed E-state index contributed by atoms with van der Waals surface area (Å²) >= 11 is 4.40. The predicted molar refractivity (Wildman–Crippen MR) is 113 cm³/mol. The van der Waals surface area contributed by atoms with E-state index in [4.69, 9.17) is 0 Å². The van der Waals surface area contributed by atoms with E-state index in [9.17, 15) is 4.79 Å². The van der Waals surface area contributed by atoms with Crippen molar-refractivity contribution >= 4 is 35.6 Å².